The van der Waals surface area contributed by atoms with Crippen LogP contribution in [-0.2, 0) is 17.8 Å². The Balaban J connectivity index is 1.53. The van der Waals surface area contributed by atoms with Gasteiger partial charge in [-0.15, -0.1) is 10.2 Å². The van der Waals surface area contributed by atoms with Crippen LogP contribution in [-0.4, -0.2) is 37.6 Å². The molecule has 0 fully saturated rings. The highest BCUT2D eigenvalue weighted by Crippen LogP contribution is 2.26. The van der Waals surface area contributed by atoms with E-state index >= 15 is 0 Å². The number of rotatable bonds is 3. The van der Waals surface area contributed by atoms with E-state index < -0.39 is 0 Å². The minimum Gasteiger partial charge on any atom is -0.310 e. The van der Waals surface area contributed by atoms with E-state index in [1.807, 2.05) is 35.2 Å². The van der Waals surface area contributed by atoms with Crippen molar-refractivity contribution in [2.75, 3.05) is 11.4 Å². The average Bonchev–Trinajstić information content (AvgIpc) is 3.10. The van der Waals surface area contributed by atoms with Crippen molar-refractivity contribution in [3.05, 3.63) is 54.4 Å². The summed E-state index contributed by atoms with van der Waals surface area (Å²) in [6.07, 6.45) is 5.32. The second-order valence-corrected chi connectivity index (χ2v) is 5.66. The van der Waals surface area contributed by atoms with Gasteiger partial charge in [-0.2, -0.15) is 4.80 Å². The molecule has 0 atom stereocenters. The predicted molar refractivity (Wildman–Crippen MR) is 88.2 cm³/mol. The quantitative estimate of drug-likeness (QED) is 0.734. The Hall–Kier alpha value is -3.09. The molecule has 0 N–H and O–H groups in total. The number of para-hydroxylation sites is 1. The van der Waals surface area contributed by atoms with Crippen molar-refractivity contribution in [2.24, 2.45) is 0 Å². The summed E-state index contributed by atoms with van der Waals surface area (Å²) in [6, 6.07) is 11.6. The third-order valence-corrected chi connectivity index (χ3v) is 4.08. The molecule has 0 saturated heterocycles. The molecule has 0 saturated carbocycles. The Morgan fingerprint density at radius 3 is 2.83 bits per heavy atom. The van der Waals surface area contributed by atoms with Crippen molar-refractivity contribution in [1.82, 2.24) is 25.2 Å². The number of hydrogen-bond donors (Lipinski definition) is 0. The van der Waals surface area contributed by atoms with Crippen LogP contribution in [0, 0.1) is 0 Å². The molecule has 0 spiro atoms. The van der Waals surface area contributed by atoms with Crippen molar-refractivity contribution in [3.63, 3.8) is 0 Å². The molecular formula is C17H16N6O. The van der Waals surface area contributed by atoms with E-state index in [4.69, 9.17) is 0 Å². The maximum atomic E-state index is 12.7. The Kier molecular flexibility index (Phi) is 3.74. The highest BCUT2D eigenvalue weighted by molar-refractivity contribution is 5.94. The molecule has 4 rings (SSSR count). The number of anilines is 1. The number of carbonyl (C=O) groups excluding carboxylic acids is 1. The Morgan fingerprint density at radius 1 is 1.12 bits per heavy atom. The van der Waals surface area contributed by atoms with Crippen molar-refractivity contribution in [3.8, 4) is 11.4 Å². The molecule has 0 aliphatic carbocycles. The first-order valence-corrected chi connectivity index (χ1v) is 7.88. The molecule has 3 heterocycles. The molecule has 2 aromatic heterocycles. The number of benzene rings is 1. The van der Waals surface area contributed by atoms with E-state index in [9.17, 15) is 4.79 Å². The fourth-order valence-corrected chi connectivity index (χ4v) is 2.93. The van der Waals surface area contributed by atoms with Gasteiger partial charge in [0, 0.05) is 30.2 Å². The summed E-state index contributed by atoms with van der Waals surface area (Å²) in [5, 5.41) is 12.3. The van der Waals surface area contributed by atoms with Crippen molar-refractivity contribution < 1.29 is 4.79 Å². The third kappa shape index (κ3) is 2.76. The van der Waals surface area contributed by atoms with Gasteiger partial charge in [-0.3, -0.25) is 9.78 Å². The van der Waals surface area contributed by atoms with Gasteiger partial charge in [0.05, 0.1) is 0 Å². The molecule has 24 heavy (non-hydrogen) atoms. The van der Waals surface area contributed by atoms with Gasteiger partial charge < -0.3 is 4.90 Å². The Morgan fingerprint density at radius 2 is 1.96 bits per heavy atom. The monoisotopic (exact) mass is 320 g/mol. The molecule has 7 nitrogen and oxygen atoms in total. The van der Waals surface area contributed by atoms with E-state index in [-0.39, 0.29) is 12.5 Å². The molecule has 120 valence electrons. The lowest BCUT2D eigenvalue weighted by Crippen LogP contribution is -2.38. The first-order chi connectivity index (χ1) is 11.8. The van der Waals surface area contributed by atoms with Crippen molar-refractivity contribution in [2.45, 2.75) is 19.4 Å². The maximum Gasteiger partial charge on any atom is 0.250 e. The van der Waals surface area contributed by atoms with Crippen LogP contribution in [0.25, 0.3) is 11.4 Å². The number of aryl methyl sites for hydroxylation is 1. The van der Waals surface area contributed by atoms with Gasteiger partial charge in [-0.1, -0.05) is 18.2 Å². The standard InChI is InChI=1S/C17H16N6O/c24-16(22-11-3-5-13-4-1-2-6-15(13)22)12-23-20-17(19-21-23)14-7-9-18-10-8-14/h1-2,4,6-10H,3,5,11-12H2. The molecule has 1 aromatic carbocycles. The number of nitrogens with zero attached hydrogens (tertiary/aromatic N) is 6. The minimum atomic E-state index is -0.0270. The molecule has 1 amide bonds. The SMILES string of the molecule is O=C(Cn1nnc(-c2ccncc2)n1)N1CCCc2ccccc21. The summed E-state index contributed by atoms with van der Waals surface area (Å²) in [6.45, 7) is 0.800. The lowest BCUT2D eigenvalue weighted by Gasteiger charge is -2.29. The fraction of sp³-hybridized carbons (Fsp3) is 0.235. The van der Waals surface area contributed by atoms with E-state index in [2.05, 4.69) is 26.5 Å². The van der Waals surface area contributed by atoms with Gasteiger partial charge in [0.15, 0.2) is 0 Å². The number of carbonyl (C=O) groups is 1. The highest BCUT2D eigenvalue weighted by Gasteiger charge is 2.23. The van der Waals surface area contributed by atoms with Crippen LogP contribution in [0.15, 0.2) is 48.8 Å². The predicted octanol–water partition coefficient (Wildman–Crippen LogP) is 1.71. The van der Waals surface area contributed by atoms with Crippen LogP contribution < -0.4 is 4.90 Å². The van der Waals surface area contributed by atoms with E-state index in [1.165, 1.54) is 10.4 Å². The number of fused-ring (bicyclic) bond motifs is 1. The Labute approximate surface area is 138 Å². The first kappa shape index (κ1) is 14.5. The summed E-state index contributed by atoms with van der Waals surface area (Å²) in [5.74, 6) is 0.463. The van der Waals surface area contributed by atoms with Crippen LogP contribution in [0.5, 0.6) is 0 Å². The van der Waals surface area contributed by atoms with Gasteiger partial charge in [0.2, 0.25) is 5.82 Å². The number of tetrazole rings is 1. The average molecular weight is 320 g/mol. The van der Waals surface area contributed by atoms with Crippen molar-refractivity contribution in [1.29, 1.82) is 0 Å². The van der Waals surface area contributed by atoms with Crippen LogP contribution in [0.3, 0.4) is 0 Å². The maximum absolute atomic E-state index is 12.7. The molecular weight excluding hydrogens is 304 g/mol. The smallest absolute Gasteiger partial charge is 0.250 e. The normalized spacial score (nSPS) is 13.6. The number of hydrogen-bond acceptors (Lipinski definition) is 5. The topological polar surface area (TPSA) is 76.8 Å². The van der Waals surface area contributed by atoms with Crippen LogP contribution >= 0.6 is 0 Å². The molecule has 0 radical (unpaired) electrons. The van der Waals surface area contributed by atoms with Crippen LogP contribution in [0.4, 0.5) is 5.69 Å². The molecule has 0 unspecified atom stereocenters. The summed E-state index contributed by atoms with van der Waals surface area (Å²) >= 11 is 0. The van der Waals surface area contributed by atoms with Crippen molar-refractivity contribution >= 4 is 11.6 Å². The molecule has 0 bridgehead atoms. The molecule has 1 aliphatic rings. The summed E-state index contributed by atoms with van der Waals surface area (Å²) in [4.78, 5) is 19.8. The highest BCUT2D eigenvalue weighted by atomic mass is 16.2. The largest absolute Gasteiger partial charge is 0.310 e. The van der Waals surface area contributed by atoms with Crippen LogP contribution in [0.1, 0.15) is 12.0 Å². The van der Waals surface area contributed by atoms with Gasteiger partial charge in [-0.05, 0) is 41.8 Å². The molecule has 1 aliphatic heterocycles. The van der Waals surface area contributed by atoms with E-state index in [0.717, 1.165) is 30.6 Å². The van der Waals surface area contributed by atoms with Crippen LogP contribution in [0.2, 0.25) is 0 Å². The second-order valence-electron chi connectivity index (χ2n) is 5.66. The van der Waals surface area contributed by atoms with Gasteiger partial charge in [0.25, 0.3) is 5.91 Å². The number of amides is 1. The van der Waals surface area contributed by atoms with E-state index in [1.54, 1.807) is 12.4 Å². The summed E-state index contributed by atoms with van der Waals surface area (Å²) < 4.78 is 0. The zero-order valence-corrected chi connectivity index (χ0v) is 13.0. The number of pyridine rings is 1. The third-order valence-electron chi connectivity index (χ3n) is 4.08. The fourth-order valence-electron chi connectivity index (χ4n) is 2.93. The van der Waals surface area contributed by atoms with Gasteiger partial charge in [-0.25, -0.2) is 0 Å². The zero-order valence-electron chi connectivity index (χ0n) is 13.0. The van der Waals surface area contributed by atoms with Gasteiger partial charge in [0.1, 0.15) is 6.54 Å². The molecule has 7 heteroatoms. The minimum absolute atomic E-state index is 0.0270. The lowest BCUT2D eigenvalue weighted by molar-refractivity contribution is -0.119. The second kappa shape index (κ2) is 6.19. The first-order valence-electron chi connectivity index (χ1n) is 7.88. The van der Waals surface area contributed by atoms with Gasteiger partial charge >= 0.3 is 0 Å². The summed E-state index contributed by atoms with van der Waals surface area (Å²) in [5.41, 5.74) is 3.02. The Bertz CT molecular complexity index is 860. The van der Waals surface area contributed by atoms with E-state index in [0.29, 0.717) is 5.82 Å². The summed E-state index contributed by atoms with van der Waals surface area (Å²) in [7, 11) is 0. The molecule has 3 aromatic rings. The zero-order chi connectivity index (χ0) is 16.4. The number of aromatic nitrogens is 5. The lowest BCUT2D eigenvalue weighted by atomic mass is 10.0.